The van der Waals surface area contributed by atoms with Gasteiger partial charge in [-0.15, -0.1) is 0 Å². The molecule has 3 aliphatic rings. The van der Waals surface area contributed by atoms with Crippen LogP contribution in [0.1, 0.15) is 48.4 Å². The molecule has 3 aliphatic heterocycles. The van der Waals surface area contributed by atoms with Crippen LogP contribution in [-0.2, 0) is 4.74 Å². The third-order valence-corrected chi connectivity index (χ3v) is 7.36. The summed E-state index contributed by atoms with van der Waals surface area (Å²) in [4.78, 5) is 18.1. The quantitative estimate of drug-likeness (QED) is 0.684. The smallest absolute Gasteiger partial charge is 0.255 e. The van der Waals surface area contributed by atoms with E-state index < -0.39 is 0 Å². The van der Waals surface area contributed by atoms with Gasteiger partial charge in [0.15, 0.2) is 11.5 Å². The molecule has 0 bridgehead atoms. The number of ether oxygens (including phenoxy) is 3. The fourth-order valence-corrected chi connectivity index (χ4v) is 5.84. The molecule has 0 saturated carbocycles. The molecule has 7 nitrogen and oxygen atoms in total. The van der Waals surface area contributed by atoms with Crippen LogP contribution in [0.15, 0.2) is 24.3 Å². The van der Waals surface area contributed by atoms with Gasteiger partial charge in [0.1, 0.15) is 13.2 Å². The van der Waals surface area contributed by atoms with Crippen LogP contribution >= 0.6 is 0 Å². The zero-order chi connectivity index (χ0) is 23.8. The minimum absolute atomic E-state index is 0.143. The van der Waals surface area contributed by atoms with Crippen molar-refractivity contribution in [2.24, 2.45) is 5.92 Å². The second-order valence-electron chi connectivity index (χ2n) is 10.2. The molecule has 5 rings (SSSR count). The Labute approximate surface area is 202 Å². The van der Waals surface area contributed by atoms with Gasteiger partial charge in [0.2, 0.25) is 0 Å². The van der Waals surface area contributed by atoms with Gasteiger partial charge in [-0.05, 0) is 64.7 Å². The zero-order valence-electron chi connectivity index (χ0n) is 20.9. The highest BCUT2D eigenvalue weighted by Crippen LogP contribution is 2.34. The summed E-state index contributed by atoms with van der Waals surface area (Å²) in [5, 5.41) is 0. The number of carbonyl (C=O) groups excluding carboxylic acids is 1. The first-order valence-corrected chi connectivity index (χ1v) is 12.6. The Morgan fingerprint density at radius 3 is 2.35 bits per heavy atom. The van der Waals surface area contributed by atoms with Crippen LogP contribution in [0, 0.1) is 19.8 Å². The van der Waals surface area contributed by atoms with Crippen molar-refractivity contribution >= 4 is 5.91 Å². The molecular weight excluding hydrogens is 430 g/mol. The monoisotopic (exact) mass is 467 g/mol. The van der Waals surface area contributed by atoms with E-state index in [-0.39, 0.29) is 5.91 Å². The van der Waals surface area contributed by atoms with Gasteiger partial charge < -0.3 is 23.7 Å². The van der Waals surface area contributed by atoms with Crippen molar-refractivity contribution in [2.45, 2.75) is 52.7 Å². The lowest BCUT2D eigenvalue weighted by molar-refractivity contribution is -0.0728. The number of aromatic nitrogens is 1. The highest BCUT2D eigenvalue weighted by molar-refractivity contribution is 5.96. The van der Waals surface area contributed by atoms with E-state index in [2.05, 4.69) is 30.2 Å². The van der Waals surface area contributed by atoms with Crippen molar-refractivity contribution in [3.63, 3.8) is 0 Å². The van der Waals surface area contributed by atoms with Crippen molar-refractivity contribution in [1.29, 1.82) is 0 Å². The summed E-state index contributed by atoms with van der Waals surface area (Å²) < 4.78 is 19.4. The Morgan fingerprint density at radius 1 is 0.971 bits per heavy atom. The van der Waals surface area contributed by atoms with Crippen molar-refractivity contribution < 1.29 is 19.0 Å². The SMILES string of the molecule is Cc1cc(C(=O)N2CCC(CN3CC(C)OC(C)C3)CC2)c(C)n1-c1ccc2c(c1)OCCO2. The average Bonchev–Trinajstić information content (AvgIpc) is 3.12. The van der Waals surface area contributed by atoms with Crippen molar-refractivity contribution in [2.75, 3.05) is 45.9 Å². The van der Waals surface area contributed by atoms with Gasteiger partial charge in [-0.2, -0.15) is 0 Å². The minimum Gasteiger partial charge on any atom is -0.486 e. The number of aryl methyl sites for hydroxylation is 1. The predicted molar refractivity (Wildman–Crippen MR) is 131 cm³/mol. The van der Waals surface area contributed by atoms with E-state index >= 15 is 0 Å². The third kappa shape index (κ3) is 4.68. The van der Waals surface area contributed by atoms with Gasteiger partial charge in [0, 0.05) is 55.9 Å². The molecule has 184 valence electrons. The number of hydrogen-bond donors (Lipinski definition) is 0. The summed E-state index contributed by atoms with van der Waals surface area (Å²) in [5.41, 5.74) is 3.80. The second-order valence-corrected chi connectivity index (χ2v) is 10.2. The summed E-state index contributed by atoms with van der Waals surface area (Å²) in [6.45, 7) is 14.3. The number of piperidine rings is 1. The van der Waals surface area contributed by atoms with E-state index in [0.29, 0.717) is 31.3 Å². The van der Waals surface area contributed by atoms with Gasteiger partial charge >= 0.3 is 0 Å². The van der Waals surface area contributed by atoms with E-state index in [1.54, 1.807) is 0 Å². The average molecular weight is 468 g/mol. The molecule has 4 heterocycles. The minimum atomic E-state index is 0.143. The summed E-state index contributed by atoms with van der Waals surface area (Å²) in [6, 6.07) is 8.00. The fraction of sp³-hybridized carbons (Fsp3) is 0.593. The van der Waals surface area contributed by atoms with E-state index in [4.69, 9.17) is 14.2 Å². The van der Waals surface area contributed by atoms with Crippen LogP contribution in [-0.4, -0.2) is 78.4 Å². The van der Waals surface area contributed by atoms with Crippen molar-refractivity contribution in [1.82, 2.24) is 14.4 Å². The first kappa shape index (κ1) is 23.2. The maximum Gasteiger partial charge on any atom is 0.255 e. The van der Waals surface area contributed by atoms with Crippen LogP contribution in [0.4, 0.5) is 0 Å². The molecule has 1 aromatic carbocycles. The van der Waals surface area contributed by atoms with Crippen LogP contribution in [0.25, 0.3) is 5.69 Å². The molecule has 2 atom stereocenters. The van der Waals surface area contributed by atoms with Gasteiger partial charge in [-0.3, -0.25) is 9.69 Å². The fourth-order valence-electron chi connectivity index (χ4n) is 5.84. The van der Waals surface area contributed by atoms with E-state index in [0.717, 1.165) is 79.7 Å². The summed E-state index contributed by atoms with van der Waals surface area (Å²) in [6.07, 6.45) is 2.73. The van der Waals surface area contributed by atoms with Crippen LogP contribution in [0.2, 0.25) is 0 Å². The molecule has 1 aromatic heterocycles. The largest absolute Gasteiger partial charge is 0.486 e. The first-order valence-electron chi connectivity index (χ1n) is 12.6. The lowest BCUT2D eigenvalue weighted by Crippen LogP contribution is -2.48. The van der Waals surface area contributed by atoms with Crippen molar-refractivity contribution in [3.05, 3.63) is 41.2 Å². The standard InChI is InChI=1S/C27H37N3O4/c1-18-13-24(21(4)30(18)23-5-6-25-26(14-23)33-12-11-32-25)27(31)29-9-7-22(8-10-29)17-28-15-19(2)34-20(3)16-28/h5-6,13-14,19-20,22H,7-12,15-17H2,1-4H3. The van der Waals surface area contributed by atoms with Gasteiger partial charge in [0.25, 0.3) is 5.91 Å². The first-order chi connectivity index (χ1) is 16.4. The number of nitrogens with zero attached hydrogens (tertiary/aromatic N) is 3. The Kier molecular flexibility index (Phi) is 6.58. The highest BCUT2D eigenvalue weighted by Gasteiger charge is 2.29. The molecule has 0 radical (unpaired) electrons. The summed E-state index contributed by atoms with van der Waals surface area (Å²) >= 11 is 0. The number of rotatable bonds is 4. The Hall–Kier alpha value is -2.51. The maximum atomic E-state index is 13.5. The molecular formula is C27H37N3O4. The number of hydrogen-bond acceptors (Lipinski definition) is 5. The highest BCUT2D eigenvalue weighted by atomic mass is 16.6. The zero-order valence-corrected chi connectivity index (χ0v) is 20.9. The van der Waals surface area contributed by atoms with Gasteiger partial charge in [-0.25, -0.2) is 0 Å². The van der Waals surface area contributed by atoms with Crippen molar-refractivity contribution in [3.8, 4) is 17.2 Å². The summed E-state index contributed by atoms with van der Waals surface area (Å²) in [7, 11) is 0. The number of amides is 1. The molecule has 2 aromatic rings. The van der Waals surface area contributed by atoms with Crippen LogP contribution < -0.4 is 9.47 Å². The lowest BCUT2D eigenvalue weighted by atomic mass is 9.95. The molecule has 2 fully saturated rings. The molecule has 0 spiro atoms. The number of benzene rings is 1. The van der Waals surface area contributed by atoms with E-state index in [1.807, 2.05) is 36.1 Å². The Bertz CT molecular complexity index is 1030. The number of carbonyl (C=O) groups is 1. The predicted octanol–water partition coefficient (Wildman–Crippen LogP) is 3.83. The molecule has 0 N–H and O–H groups in total. The molecule has 1 amide bonds. The molecule has 7 heteroatoms. The molecule has 0 aliphatic carbocycles. The topological polar surface area (TPSA) is 56.2 Å². The lowest BCUT2D eigenvalue weighted by Gasteiger charge is -2.39. The number of morpholine rings is 1. The van der Waals surface area contributed by atoms with Gasteiger partial charge in [-0.1, -0.05) is 0 Å². The van der Waals surface area contributed by atoms with E-state index in [1.165, 1.54) is 0 Å². The third-order valence-electron chi connectivity index (χ3n) is 7.36. The Morgan fingerprint density at radius 2 is 1.65 bits per heavy atom. The molecule has 2 unspecified atom stereocenters. The summed E-state index contributed by atoms with van der Waals surface area (Å²) in [5.74, 6) is 2.32. The number of fused-ring (bicyclic) bond motifs is 1. The number of likely N-dealkylation sites (tertiary alicyclic amines) is 1. The molecule has 2 saturated heterocycles. The van der Waals surface area contributed by atoms with Crippen LogP contribution in [0.3, 0.4) is 0 Å². The van der Waals surface area contributed by atoms with Crippen LogP contribution in [0.5, 0.6) is 11.5 Å². The van der Waals surface area contributed by atoms with E-state index in [9.17, 15) is 4.79 Å². The normalized spacial score (nSPS) is 23.8. The Balaban J connectivity index is 1.24. The second kappa shape index (κ2) is 9.62. The molecule has 34 heavy (non-hydrogen) atoms. The maximum absolute atomic E-state index is 13.5. The van der Waals surface area contributed by atoms with Gasteiger partial charge in [0.05, 0.1) is 17.8 Å².